The molecule has 0 aliphatic heterocycles. The van der Waals surface area contributed by atoms with Gasteiger partial charge in [-0.1, -0.05) is 6.92 Å². The van der Waals surface area contributed by atoms with Gasteiger partial charge in [-0.25, -0.2) is 4.98 Å². The van der Waals surface area contributed by atoms with Gasteiger partial charge in [0.2, 0.25) is 0 Å². The molecule has 0 bridgehead atoms. The molecule has 0 saturated heterocycles. The number of halogens is 3. The molecule has 2 N–H and O–H groups in total. The number of nitrogens with one attached hydrogen (secondary N) is 2. The maximum absolute atomic E-state index is 12.5. The van der Waals surface area contributed by atoms with Gasteiger partial charge in [0.1, 0.15) is 5.82 Å². The summed E-state index contributed by atoms with van der Waals surface area (Å²) in [6, 6.07) is 0. The van der Waals surface area contributed by atoms with Crippen molar-refractivity contribution in [1.29, 1.82) is 0 Å². The number of aliphatic imine (C=N–C) groups is 1. The minimum Gasteiger partial charge on any atom is -0.356 e. The molecule has 1 aromatic rings. The van der Waals surface area contributed by atoms with Crippen LogP contribution in [-0.4, -0.2) is 29.1 Å². The molecule has 1 heterocycles. The minimum atomic E-state index is -2.57. The SMILES string of the molecule is CCCNC(=NC)NCc1nccn1C(F)F.I. The van der Waals surface area contributed by atoms with E-state index in [-0.39, 0.29) is 36.3 Å². The van der Waals surface area contributed by atoms with Crippen LogP contribution in [0.1, 0.15) is 25.7 Å². The van der Waals surface area contributed by atoms with Crippen molar-refractivity contribution in [1.82, 2.24) is 20.2 Å². The molecule has 1 aromatic heterocycles. The summed E-state index contributed by atoms with van der Waals surface area (Å²) >= 11 is 0. The second kappa shape index (κ2) is 9.06. The molecule has 8 heteroatoms. The highest BCUT2D eigenvalue weighted by Crippen LogP contribution is 2.11. The average molecular weight is 373 g/mol. The lowest BCUT2D eigenvalue weighted by Gasteiger charge is -2.11. The molecule has 0 aromatic carbocycles. The standard InChI is InChI=1S/C10H17F2N5.HI/c1-3-4-15-10(13-2)16-7-8-14-5-6-17(8)9(11)12;/h5-6,9H,3-4,7H2,1-2H3,(H2,13,15,16);1H. The van der Waals surface area contributed by atoms with Crippen molar-refractivity contribution >= 4 is 29.9 Å². The van der Waals surface area contributed by atoms with Crippen molar-refractivity contribution in [3.63, 3.8) is 0 Å². The molecule has 0 spiro atoms. The van der Waals surface area contributed by atoms with E-state index in [9.17, 15) is 8.78 Å². The number of nitrogens with zero attached hydrogens (tertiary/aromatic N) is 3. The molecule has 0 fully saturated rings. The largest absolute Gasteiger partial charge is 0.356 e. The Morgan fingerprint density at radius 2 is 2.22 bits per heavy atom. The first-order valence-corrected chi connectivity index (χ1v) is 5.43. The van der Waals surface area contributed by atoms with Crippen molar-refractivity contribution < 1.29 is 8.78 Å². The van der Waals surface area contributed by atoms with Crippen LogP contribution in [0.5, 0.6) is 0 Å². The maximum Gasteiger partial charge on any atom is 0.319 e. The van der Waals surface area contributed by atoms with Gasteiger partial charge in [0.05, 0.1) is 6.54 Å². The van der Waals surface area contributed by atoms with E-state index < -0.39 is 6.55 Å². The van der Waals surface area contributed by atoms with Crippen molar-refractivity contribution in [2.45, 2.75) is 26.4 Å². The Morgan fingerprint density at radius 1 is 1.50 bits per heavy atom. The normalized spacial score (nSPS) is 11.3. The summed E-state index contributed by atoms with van der Waals surface area (Å²) < 4.78 is 25.9. The first kappa shape index (κ1) is 17.1. The Morgan fingerprint density at radius 3 is 2.78 bits per heavy atom. The van der Waals surface area contributed by atoms with E-state index in [4.69, 9.17) is 0 Å². The number of hydrogen-bond acceptors (Lipinski definition) is 2. The summed E-state index contributed by atoms with van der Waals surface area (Å²) in [4.78, 5) is 7.83. The van der Waals surface area contributed by atoms with Gasteiger partial charge in [0.25, 0.3) is 0 Å². The van der Waals surface area contributed by atoms with Gasteiger partial charge in [-0.2, -0.15) is 8.78 Å². The fourth-order valence-electron chi connectivity index (χ4n) is 1.29. The summed E-state index contributed by atoms with van der Waals surface area (Å²) in [7, 11) is 1.63. The molecule has 0 aliphatic rings. The van der Waals surface area contributed by atoms with Crippen LogP contribution in [0.2, 0.25) is 0 Å². The van der Waals surface area contributed by atoms with E-state index in [1.807, 2.05) is 6.92 Å². The molecule has 104 valence electrons. The Hall–Kier alpha value is -0.930. The molecule has 0 aliphatic carbocycles. The molecule has 0 unspecified atom stereocenters. The molecule has 0 amide bonds. The Balaban J connectivity index is 0.00000289. The summed E-state index contributed by atoms with van der Waals surface area (Å²) in [6.45, 7) is 0.452. The van der Waals surface area contributed by atoms with Crippen molar-refractivity contribution in [3.05, 3.63) is 18.2 Å². The Bertz CT molecular complexity index is 367. The van der Waals surface area contributed by atoms with E-state index in [0.29, 0.717) is 5.96 Å². The Kier molecular flexibility index (Phi) is 8.59. The smallest absolute Gasteiger partial charge is 0.319 e. The molecule has 0 atom stereocenters. The first-order chi connectivity index (χ1) is 8.19. The lowest BCUT2D eigenvalue weighted by Crippen LogP contribution is -2.37. The molecule has 5 nitrogen and oxygen atoms in total. The van der Waals surface area contributed by atoms with Crippen molar-refractivity contribution in [2.75, 3.05) is 13.6 Å². The van der Waals surface area contributed by atoms with Crippen LogP contribution in [0, 0.1) is 0 Å². The van der Waals surface area contributed by atoms with Crippen LogP contribution < -0.4 is 10.6 Å². The highest BCUT2D eigenvalue weighted by molar-refractivity contribution is 14.0. The molecular formula is C10H18F2IN5. The Labute approximate surface area is 122 Å². The van der Waals surface area contributed by atoms with Crippen LogP contribution in [0.15, 0.2) is 17.4 Å². The fourth-order valence-corrected chi connectivity index (χ4v) is 1.29. The second-order valence-corrected chi connectivity index (χ2v) is 3.38. The number of hydrogen-bond donors (Lipinski definition) is 2. The van der Waals surface area contributed by atoms with Gasteiger partial charge in [-0.05, 0) is 6.42 Å². The lowest BCUT2D eigenvalue weighted by atomic mass is 10.5. The predicted molar refractivity (Wildman–Crippen MR) is 77.4 cm³/mol. The molecule has 18 heavy (non-hydrogen) atoms. The molecule has 0 saturated carbocycles. The van der Waals surface area contributed by atoms with Crippen LogP contribution >= 0.6 is 24.0 Å². The van der Waals surface area contributed by atoms with E-state index >= 15 is 0 Å². The zero-order valence-corrected chi connectivity index (χ0v) is 12.7. The quantitative estimate of drug-likeness (QED) is 0.472. The van der Waals surface area contributed by atoms with Crippen molar-refractivity contribution in [3.8, 4) is 0 Å². The van der Waals surface area contributed by atoms with E-state index in [0.717, 1.165) is 17.5 Å². The molecular weight excluding hydrogens is 355 g/mol. The van der Waals surface area contributed by atoms with Crippen LogP contribution in [0.3, 0.4) is 0 Å². The number of alkyl halides is 2. The van der Waals surface area contributed by atoms with Gasteiger partial charge < -0.3 is 10.6 Å². The van der Waals surface area contributed by atoms with E-state index in [2.05, 4.69) is 20.6 Å². The fraction of sp³-hybridized carbons (Fsp3) is 0.600. The molecule has 1 rings (SSSR count). The lowest BCUT2D eigenvalue weighted by molar-refractivity contribution is 0.0668. The van der Waals surface area contributed by atoms with Crippen LogP contribution in [0.25, 0.3) is 0 Å². The molecule has 0 radical (unpaired) electrons. The summed E-state index contributed by atoms with van der Waals surface area (Å²) in [5, 5.41) is 5.97. The average Bonchev–Trinajstić information content (AvgIpc) is 2.78. The van der Waals surface area contributed by atoms with E-state index in [1.54, 1.807) is 7.05 Å². The summed E-state index contributed by atoms with van der Waals surface area (Å²) in [5.74, 6) is 0.857. The van der Waals surface area contributed by atoms with Gasteiger partial charge in [0.15, 0.2) is 5.96 Å². The summed E-state index contributed by atoms with van der Waals surface area (Å²) in [5.41, 5.74) is 0. The highest BCUT2D eigenvalue weighted by atomic mass is 127. The van der Waals surface area contributed by atoms with Gasteiger partial charge >= 0.3 is 6.55 Å². The zero-order valence-electron chi connectivity index (χ0n) is 10.4. The zero-order chi connectivity index (χ0) is 12.7. The minimum absolute atomic E-state index is 0. The number of imidazole rings is 1. The predicted octanol–water partition coefficient (Wildman–Crippen LogP) is 1.97. The van der Waals surface area contributed by atoms with Gasteiger partial charge in [-0.15, -0.1) is 24.0 Å². The van der Waals surface area contributed by atoms with Crippen LogP contribution in [0.4, 0.5) is 8.78 Å². The number of rotatable bonds is 5. The highest BCUT2D eigenvalue weighted by Gasteiger charge is 2.11. The number of aromatic nitrogens is 2. The topological polar surface area (TPSA) is 54.2 Å². The second-order valence-electron chi connectivity index (χ2n) is 3.38. The van der Waals surface area contributed by atoms with Gasteiger partial charge in [0, 0.05) is 26.0 Å². The third-order valence-corrected chi connectivity index (χ3v) is 2.14. The van der Waals surface area contributed by atoms with Crippen LogP contribution in [-0.2, 0) is 6.54 Å². The van der Waals surface area contributed by atoms with Crippen molar-refractivity contribution in [2.24, 2.45) is 4.99 Å². The number of guanidine groups is 1. The van der Waals surface area contributed by atoms with Gasteiger partial charge in [-0.3, -0.25) is 9.56 Å². The van der Waals surface area contributed by atoms with E-state index in [1.165, 1.54) is 12.4 Å². The third-order valence-electron chi connectivity index (χ3n) is 2.14. The third kappa shape index (κ3) is 5.15. The summed E-state index contributed by atoms with van der Waals surface area (Å²) in [6.07, 6.45) is 3.57. The first-order valence-electron chi connectivity index (χ1n) is 5.43. The maximum atomic E-state index is 12.5. The monoisotopic (exact) mass is 373 g/mol.